The van der Waals surface area contributed by atoms with Crippen LogP contribution >= 0.6 is 0 Å². The summed E-state index contributed by atoms with van der Waals surface area (Å²) in [6, 6.07) is 5.99. The van der Waals surface area contributed by atoms with Gasteiger partial charge >= 0.3 is 0 Å². The second kappa shape index (κ2) is 6.46. The molecular weight excluding hydrogens is 247 g/mol. The highest BCUT2D eigenvalue weighted by atomic mass is 19.1. The van der Waals surface area contributed by atoms with Crippen molar-refractivity contribution in [3.05, 3.63) is 35.6 Å². The molecule has 2 N–H and O–H groups in total. The van der Waals surface area contributed by atoms with E-state index >= 15 is 0 Å². The maximum absolute atomic E-state index is 13.3. The van der Waals surface area contributed by atoms with Crippen molar-refractivity contribution in [1.82, 2.24) is 0 Å². The molecule has 4 heteroatoms. The highest BCUT2D eigenvalue weighted by Crippen LogP contribution is 2.28. The number of aliphatic hydroxyl groups is 2. The third kappa shape index (κ3) is 4.56. The molecule has 0 aliphatic heterocycles. The van der Waals surface area contributed by atoms with Crippen molar-refractivity contribution in [1.29, 1.82) is 0 Å². The number of hydrogen-bond acceptors (Lipinski definition) is 3. The SMILES string of the molecule is CC(C)(C)OCCC(CO)(CO)c1cccc(F)c1. The smallest absolute Gasteiger partial charge is 0.123 e. The highest BCUT2D eigenvalue weighted by Gasteiger charge is 2.31. The Kier molecular flexibility index (Phi) is 5.47. The Labute approximate surface area is 114 Å². The molecular formula is C15H23FO3. The molecule has 19 heavy (non-hydrogen) atoms. The average molecular weight is 270 g/mol. The van der Waals surface area contributed by atoms with Crippen LogP contribution in [0.25, 0.3) is 0 Å². The lowest BCUT2D eigenvalue weighted by Crippen LogP contribution is -2.37. The van der Waals surface area contributed by atoms with Crippen molar-refractivity contribution in [2.75, 3.05) is 19.8 Å². The van der Waals surface area contributed by atoms with Gasteiger partial charge in [0.2, 0.25) is 0 Å². The van der Waals surface area contributed by atoms with E-state index in [1.807, 2.05) is 20.8 Å². The summed E-state index contributed by atoms with van der Waals surface area (Å²) in [5.74, 6) is -0.375. The van der Waals surface area contributed by atoms with E-state index in [4.69, 9.17) is 4.74 Å². The number of ether oxygens (including phenoxy) is 1. The molecule has 0 unspecified atom stereocenters. The maximum Gasteiger partial charge on any atom is 0.123 e. The highest BCUT2D eigenvalue weighted by molar-refractivity contribution is 5.26. The van der Waals surface area contributed by atoms with Gasteiger partial charge in [0.25, 0.3) is 0 Å². The normalized spacial score (nSPS) is 12.7. The Bertz CT molecular complexity index is 395. The molecule has 0 saturated carbocycles. The zero-order valence-corrected chi connectivity index (χ0v) is 11.8. The monoisotopic (exact) mass is 270 g/mol. The summed E-state index contributed by atoms with van der Waals surface area (Å²) in [6.45, 7) is 5.71. The minimum Gasteiger partial charge on any atom is -0.395 e. The quantitative estimate of drug-likeness (QED) is 0.833. The zero-order valence-electron chi connectivity index (χ0n) is 11.8. The first-order valence-corrected chi connectivity index (χ1v) is 6.45. The molecule has 0 saturated heterocycles. The van der Waals surface area contributed by atoms with Crippen LogP contribution < -0.4 is 0 Å². The van der Waals surface area contributed by atoms with Crippen LogP contribution in [0.1, 0.15) is 32.8 Å². The van der Waals surface area contributed by atoms with Gasteiger partial charge in [0.15, 0.2) is 0 Å². The lowest BCUT2D eigenvalue weighted by atomic mass is 9.79. The topological polar surface area (TPSA) is 49.7 Å². The molecule has 108 valence electrons. The summed E-state index contributed by atoms with van der Waals surface area (Å²) in [5, 5.41) is 19.2. The summed E-state index contributed by atoms with van der Waals surface area (Å²) >= 11 is 0. The number of hydrogen-bond donors (Lipinski definition) is 2. The number of halogens is 1. The summed E-state index contributed by atoms with van der Waals surface area (Å²) in [5.41, 5.74) is -0.554. The van der Waals surface area contributed by atoms with Crippen LogP contribution in [0.15, 0.2) is 24.3 Å². The van der Waals surface area contributed by atoms with Crippen LogP contribution in [0.3, 0.4) is 0 Å². The molecule has 0 heterocycles. The van der Waals surface area contributed by atoms with Crippen molar-refractivity contribution >= 4 is 0 Å². The van der Waals surface area contributed by atoms with Gasteiger partial charge in [-0.15, -0.1) is 0 Å². The van der Waals surface area contributed by atoms with Crippen LogP contribution in [0, 0.1) is 5.82 Å². The van der Waals surface area contributed by atoms with Crippen molar-refractivity contribution in [2.24, 2.45) is 0 Å². The van der Waals surface area contributed by atoms with E-state index in [0.717, 1.165) is 0 Å². The Morgan fingerprint density at radius 1 is 1.16 bits per heavy atom. The molecule has 0 amide bonds. The Morgan fingerprint density at radius 2 is 1.79 bits per heavy atom. The first-order chi connectivity index (χ1) is 8.83. The summed E-state index contributed by atoms with van der Waals surface area (Å²) in [4.78, 5) is 0. The molecule has 1 aromatic carbocycles. The summed E-state index contributed by atoms with van der Waals surface area (Å²) in [6.07, 6.45) is 0.431. The Hall–Kier alpha value is -0.970. The number of aliphatic hydroxyl groups excluding tert-OH is 2. The van der Waals surface area contributed by atoms with Gasteiger partial charge in [0, 0.05) is 12.0 Å². The molecule has 0 bridgehead atoms. The van der Waals surface area contributed by atoms with Crippen molar-refractivity contribution in [2.45, 2.75) is 38.2 Å². The van der Waals surface area contributed by atoms with Crippen LogP contribution in [-0.2, 0) is 10.2 Å². The third-order valence-electron chi connectivity index (χ3n) is 3.16. The maximum atomic E-state index is 13.3. The van der Waals surface area contributed by atoms with Gasteiger partial charge in [0.05, 0.1) is 18.8 Å². The summed E-state index contributed by atoms with van der Waals surface area (Å²) in [7, 11) is 0. The predicted octanol–water partition coefficient (Wildman–Crippen LogP) is 2.25. The average Bonchev–Trinajstić information content (AvgIpc) is 2.34. The zero-order chi connectivity index (χ0) is 14.5. The van der Waals surface area contributed by atoms with Gasteiger partial charge in [-0.3, -0.25) is 0 Å². The molecule has 0 fully saturated rings. The molecule has 0 aromatic heterocycles. The standard InChI is InChI=1S/C15H23FO3/c1-14(2,3)19-8-7-15(10-17,11-18)12-5-4-6-13(16)9-12/h4-6,9,17-18H,7-8,10-11H2,1-3H3. The van der Waals surface area contributed by atoms with Crippen LogP contribution in [0.4, 0.5) is 4.39 Å². The first-order valence-electron chi connectivity index (χ1n) is 6.45. The largest absolute Gasteiger partial charge is 0.395 e. The molecule has 0 aliphatic rings. The van der Waals surface area contributed by atoms with E-state index in [0.29, 0.717) is 18.6 Å². The summed E-state index contributed by atoms with van der Waals surface area (Å²) < 4.78 is 18.9. The Morgan fingerprint density at radius 3 is 2.26 bits per heavy atom. The number of rotatable bonds is 6. The Balaban J connectivity index is 2.85. The molecule has 1 rings (SSSR count). The van der Waals surface area contributed by atoms with Crippen LogP contribution in [0.5, 0.6) is 0 Å². The van der Waals surface area contributed by atoms with Gasteiger partial charge in [-0.05, 0) is 44.9 Å². The minimum absolute atomic E-state index is 0.250. The van der Waals surface area contributed by atoms with E-state index in [1.54, 1.807) is 12.1 Å². The molecule has 1 aromatic rings. The first kappa shape index (κ1) is 16.1. The number of benzene rings is 1. The lowest BCUT2D eigenvalue weighted by Gasteiger charge is -2.32. The molecule has 0 atom stereocenters. The van der Waals surface area contributed by atoms with Gasteiger partial charge in [0.1, 0.15) is 5.82 Å². The third-order valence-corrected chi connectivity index (χ3v) is 3.16. The van der Waals surface area contributed by atoms with Crippen molar-refractivity contribution in [3.8, 4) is 0 Å². The lowest BCUT2D eigenvalue weighted by molar-refractivity contribution is -0.0219. The molecule has 0 spiro atoms. The van der Waals surface area contributed by atoms with E-state index in [1.165, 1.54) is 12.1 Å². The fourth-order valence-corrected chi connectivity index (χ4v) is 1.91. The molecule has 0 aliphatic carbocycles. The van der Waals surface area contributed by atoms with Crippen molar-refractivity contribution in [3.63, 3.8) is 0 Å². The second-order valence-corrected chi connectivity index (χ2v) is 5.82. The van der Waals surface area contributed by atoms with E-state index < -0.39 is 5.41 Å². The van der Waals surface area contributed by atoms with Gasteiger partial charge in [-0.1, -0.05) is 12.1 Å². The van der Waals surface area contributed by atoms with E-state index in [2.05, 4.69) is 0 Å². The van der Waals surface area contributed by atoms with E-state index in [-0.39, 0.29) is 24.6 Å². The minimum atomic E-state index is -0.868. The van der Waals surface area contributed by atoms with Gasteiger partial charge < -0.3 is 14.9 Å². The van der Waals surface area contributed by atoms with E-state index in [9.17, 15) is 14.6 Å². The van der Waals surface area contributed by atoms with Gasteiger partial charge in [-0.25, -0.2) is 4.39 Å². The fraction of sp³-hybridized carbons (Fsp3) is 0.600. The van der Waals surface area contributed by atoms with Crippen LogP contribution in [0.2, 0.25) is 0 Å². The molecule has 3 nitrogen and oxygen atoms in total. The molecule has 0 radical (unpaired) electrons. The van der Waals surface area contributed by atoms with Crippen molar-refractivity contribution < 1.29 is 19.3 Å². The second-order valence-electron chi connectivity index (χ2n) is 5.82. The van der Waals surface area contributed by atoms with Gasteiger partial charge in [-0.2, -0.15) is 0 Å². The fourth-order valence-electron chi connectivity index (χ4n) is 1.91. The predicted molar refractivity (Wildman–Crippen MR) is 72.6 cm³/mol. The van der Waals surface area contributed by atoms with Crippen LogP contribution in [-0.4, -0.2) is 35.6 Å².